The van der Waals surface area contributed by atoms with E-state index < -0.39 is 0 Å². The van der Waals surface area contributed by atoms with Crippen LogP contribution in [0.3, 0.4) is 0 Å². The van der Waals surface area contributed by atoms with Crippen molar-refractivity contribution in [2.75, 3.05) is 13.2 Å². The molecule has 0 saturated heterocycles. The fraction of sp³-hybridized carbons (Fsp3) is 0.455. The van der Waals surface area contributed by atoms with Gasteiger partial charge in [0, 0.05) is 5.57 Å². The number of isocyanates is 1. The normalized spacial score (nSPS) is 9.67. The lowest BCUT2D eigenvalue weighted by atomic mass is 10.3. The number of rotatable bonds is 7. The van der Waals surface area contributed by atoms with E-state index in [1.54, 1.807) is 13.0 Å². The van der Waals surface area contributed by atoms with Crippen molar-refractivity contribution in [1.82, 2.24) is 0 Å². The average Bonchev–Trinajstić information content (AvgIpc) is 2.21. The summed E-state index contributed by atoms with van der Waals surface area (Å²) in [7, 11) is 0. The van der Waals surface area contributed by atoms with Gasteiger partial charge in [-0.2, -0.15) is 0 Å². The Morgan fingerprint density at radius 2 is 2.27 bits per heavy atom. The SMILES string of the molecule is C=C(C)C(=O)OCCCC=CCN=C=O. The Hall–Kier alpha value is -1.67. The lowest BCUT2D eigenvalue weighted by Gasteiger charge is -2.01. The van der Waals surface area contributed by atoms with Gasteiger partial charge in [-0.1, -0.05) is 18.7 Å². The van der Waals surface area contributed by atoms with E-state index >= 15 is 0 Å². The van der Waals surface area contributed by atoms with Gasteiger partial charge >= 0.3 is 5.97 Å². The maximum atomic E-state index is 10.9. The number of carbonyl (C=O) groups excluding carboxylic acids is 2. The predicted octanol–water partition coefficient (Wildman–Crippen LogP) is 1.78. The number of ether oxygens (including phenoxy) is 1. The number of carbonyl (C=O) groups is 1. The van der Waals surface area contributed by atoms with Crippen molar-refractivity contribution in [3.05, 3.63) is 24.3 Å². The zero-order valence-electron chi connectivity index (χ0n) is 8.86. The van der Waals surface area contributed by atoms with Crippen LogP contribution in [0.25, 0.3) is 0 Å². The van der Waals surface area contributed by atoms with Crippen LogP contribution in [-0.4, -0.2) is 25.2 Å². The molecule has 0 atom stereocenters. The second-order valence-corrected chi connectivity index (χ2v) is 2.96. The zero-order chi connectivity index (χ0) is 11.5. The van der Waals surface area contributed by atoms with E-state index in [-0.39, 0.29) is 5.97 Å². The number of aliphatic imine (C=N–C) groups is 1. The van der Waals surface area contributed by atoms with E-state index in [0.717, 1.165) is 12.8 Å². The average molecular weight is 209 g/mol. The van der Waals surface area contributed by atoms with Crippen LogP contribution < -0.4 is 0 Å². The fourth-order valence-corrected chi connectivity index (χ4v) is 0.772. The van der Waals surface area contributed by atoms with Crippen LogP contribution >= 0.6 is 0 Å². The van der Waals surface area contributed by atoms with Crippen LogP contribution in [-0.2, 0) is 14.3 Å². The van der Waals surface area contributed by atoms with E-state index in [9.17, 15) is 9.59 Å². The number of hydrogen-bond donors (Lipinski definition) is 0. The highest BCUT2D eigenvalue weighted by atomic mass is 16.5. The molecule has 0 amide bonds. The topological polar surface area (TPSA) is 55.7 Å². The lowest BCUT2D eigenvalue weighted by Crippen LogP contribution is -2.05. The Balaban J connectivity index is 3.39. The summed E-state index contributed by atoms with van der Waals surface area (Å²) in [4.78, 5) is 24.0. The van der Waals surface area contributed by atoms with E-state index in [2.05, 4.69) is 11.6 Å². The maximum absolute atomic E-state index is 10.9. The predicted molar refractivity (Wildman–Crippen MR) is 57.1 cm³/mol. The second kappa shape index (κ2) is 8.91. The van der Waals surface area contributed by atoms with Gasteiger partial charge in [-0.05, 0) is 19.8 Å². The first-order valence-corrected chi connectivity index (χ1v) is 4.69. The lowest BCUT2D eigenvalue weighted by molar-refractivity contribution is -0.139. The molecule has 0 radical (unpaired) electrons. The molecule has 82 valence electrons. The third kappa shape index (κ3) is 8.65. The van der Waals surface area contributed by atoms with Gasteiger partial charge in [0.25, 0.3) is 0 Å². The summed E-state index contributed by atoms with van der Waals surface area (Å²) in [5.41, 5.74) is 0.408. The van der Waals surface area contributed by atoms with E-state index in [1.165, 1.54) is 6.08 Å². The van der Waals surface area contributed by atoms with Gasteiger partial charge in [0.15, 0.2) is 0 Å². The van der Waals surface area contributed by atoms with Crippen molar-refractivity contribution in [1.29, 1.82) is 0 Å². The number of unbranched alkanes of at least 4 members (excludes halogenated alkanes) is 1. The van der Waals surface area contributed by atoms with Crippen LogP contribution in [0.15, 0.2) is 29.3 Å². The highest BCUT2D eigenvalue weighted by Crippen LogP contribution is 1.96. The molecule has 0 aromatic rings. The standard InChI is InChI=1S/C11H15NO3/c1-10(2)11(14)15-8-6-4-3-5-7-12-9-13/h3,5H,1,4,6-8H2,2H3. The molecule has 0 N–H and O–H groups in total. The summed E-state index contributed by atoms with van der Waals surface area (Å²) in [5, 5.41) is 0. The highest BCUT2D eigenvalue weighted by Gasteiger charge is 2.00. The summed E-state index contributed by atoms with van der Waals surface area (Å²) in [6, 6.07) is 0. The molecule has 0 fully saturated rings. The molecule has 0 unspecified atom stereocenters. The minimum absolute atomic E-state index is 0.356. The van der Waals surface area contributed by atoms with E-state index in [0.29, 0.717) is 18.7 Å². The molecule has 0 bridgehead atoms. The molecule has 4 heteroatoms. The van der Waals surface area contributed by atoms with Crippen molar-refractivity contribution >= 4 is 12.0 Å². The summed E-state index contributed by atoms with van der Waals surface area (Å²) in [6.07, 6.45) is 6.64. The molecule has 0 rings (SSSR count). The summed E-state index contributed by atoms with van der Waals surface area (Å²) >= 11 is 0. The quantitative estimate of drug-likeness (QED) is 0.160. The van der Waals surface area contributed by atoms with Crippen LogP contribution in [0.5, 0.6) is 0 Å². The van der Waals surface area contributed by atoms with Gasteiger partial charge in [-0.3, -0.25) is 0 Å². The van der Waals surface area contributed by atoms with Gasteiger partial charge in [0.2, 0.25) is 6.08 Å². The monoisotopic (exact) mass is 209 g/mol. The third-order valence-electron chi connectivity index (χ3n) is 1.52. The molecule has 0 aliphatic heterocycles. The fourth-order valence-electron chi connectivity index (χ4n) is 0.772. The Labute approximate surface area is 89.3 Å². The Kier molecular flexibility index (Phi) is 7.92. The molecule has 0 aromatic heterocycles. The summed E-state index contributed by atoms with van der Waals surface area (Å²) in [5.74, 6) is -0.357. The van der Waals surface area contributed by atoms with Crippen molar-refractivity contribution in [3.63, 3.8) is 0 Å². The molecule has 15 heavy (non-hydrogen) atoms. The first kappa shape index (κ1) is 13.3. The first-order chi connectivity index (χ1) is 7.18. The minimum atomic E-state index is -0.357. The van der Waals surface area contributed by atoms with Gasteiger partial charge in [0.05, 0.1) is 13.2 Å². The third-order valence-corrected chi connectivity index (χ3v) is 1.52. The Morgan fingerprint density at radius 1 is 1.53 bits per heavy atom. The molecule has 0 spiro atoms. The second-order valence-electron chi connectivity index (χ2n) is 2.96. The smallest absolute Gasteiger partial charge is 0.333 e. The summed E-state index contributed by atoms with van der Waals surface area (Å²) in [6.45, 7) is 5.82. The molecular formula is C11H15NO3. The van der Waals surface area contributed by atoms with Crippen LogP contribution in [0, 0.1) is 0 Å². The molecule has 4 nitrogen and oxygen atoms in total. The number of nitrogens with zero attached hydrogens (tertiary/aromatic N) is 1. The molecular weight excluding hydrogens is 194 g/mol. The van der Waals surface area contributed by atoms with Gasteiger partial charge < -0.3 is 4.74 Å². The molecule has 0 aliphatic rings. The van der Waals surface area contributed by atoms with Gasteiger partial charge in [-0.25, -0.2) is 14.6 Å². The Morgan fingerprint density at radius 3 is 2.87 bits per heavy atom. The van der Waals surface area contributed by atoms with Gasteiger partial charge in [-0.15, -0.1) is 0 Å². The van der Waals surface area contributed by atoms with Crippen molar-refractivity contribution in [2.45, 2.75) is 19.8 Å². The van der Waals surface area contributed by atoms with Crippen molar-refractivity contribution < 1.29 is 14.3 Å². The molecule has 0 aromatic carbocycles. The largest absolute Gasteiger partial charge is 0.462 e. The number of hydrogen-bond acceptors (Lipinski definition) is 4. The number of allylic oxidation sites excluding steroid dienone is 1. The first-order valence-electron chi connectivity index (χ1n) is 4.69. The minimum Gasteiger partial charge on any atom is -0.462 e. The van der Waals surface area contributed by atoms with E-state index in [1.807, 2.05) is 6.08 Å². The van der Waals surface area contributed by atoms with Gasteiger partial charge in [0.1, 0.15) is 0 Å². The molecule has 0 aliphatic carbocycles. The van der Waals surface area contributed by atoms with Crippen LogP contribution in [0.2, 0.25) is 0 Å². The Bertz CT molecular complexity index is 288. The zero-order valence-corrected chi connectivity index (χ0v) is 8.86. The van der Waals surface area contributed by atoms with Crippen molar-refractivity contribution in [2.24, 2.45) is 4.99 Å². The van der Waals surface area contributed by atoms with E-state index in [4.69, 9.17) is 4.74 Å². The van der Waals surface area contributed by atoms with Crippen LogP contribution in [0.4, 0.5) is 0 Å². The van der Waals surface area contributed by atoms with Crippen LogP contribution in [0.1, 0.15) is 19.8 Å². The van der Waals surface area contributed by atoms with Crippen molar-refractivity contribution in [3.8, 4) is 0 Å². The maximum Gasteiger partial charge on any atom is 0.333 e. The number of esters is 1. The molecule has 0 saturated carbocycles. The highest BCUT2D eigenvalue weighted by molar-refractivity contribution is 5.86. The molecule has 0 heterocycles. The summed E-state index contributed by atoms with van der Waals surface area (Å²) < 4.78 is 4.87.